The zero-order valence-electron chi connectivity index (χ0n) is 17.6. The van der Waals surface area contributed by atoms with Gasteiger partial charge in [-0.15, -0.1) is 0 Å². The Balaban J connectivity index is 1.26. The molecule has 0 aliphatic carbocycles. The summed E-state index contributed by atoms with van der Waals surface area (Å²) in [6.45, 7) is 2.35. The van der Waals surface area contributed by atoms with Gasteiger partial charge in [-0.05, 0) is 43.7 Å². The predicted octanol–water partition coefficient (Wildman–Crippen LogP) is 1.41. The molecule has 30 heavy (non-hydrogen) atoms. The molecular weight excluding hydrogens is 386 g/mol. The Bertz CT molecular complexity index is 997. The van der Waals surface area contributed by atoms with Crippen LogP contribution in [0, 0.1) is 5.92 Å². The number of nitrogens with one attached hydrogen (secondary N) is 1. The van der Waals surface area contributed by atoms with Crippen LogP contribution in [-0.2, 0) is 28.4 Å². The number of imidazole rings is 1. The third kappa shape index (κ3) is 4.12. The predicted molar refractivity (Wildman–Crippen MR) is 112 cm³/mol. The van der Waals surface area contributed by atoms with Gasteiger partial charge in [-0.3, -0.25) is 18.7 Å². The molecule has 2 amide bonds. The van der Waals surface area contributed by atoms with Gasteiger partial charge in [0.2, 0.25) is 11.8 Å². The summed E-state index contributed by atoms with van der Waals surface area (Å²) in [5, 5.41) is 2.73. The maximum Gasteiger partial charge on any atom is 0.329 e. The Morgan fingerprint density at radius 3 is 2.60 bits per heavy atom. The second kappa shape index (κ2) is 8.59. The highest BCUT2D eigenvalue weighted by molar-refractivity contribution is 5.93. The smallest absolute Gasteiger partial charge is 0.329 e. The van der Waals surface area contributed by atoms with Crippen LogP contribution in [0.25, 0.3) is 11.2 Å². The van der Waals surface area contributed by atoms with Crippen LogP contribution in [0.1, 0.15) is 38.5 Å². The molecule has 1 atom stereocenters. The lowest BCUT2D eigenvalue weighted by molar-refractivity contribution is -0.134. The van der Waals surface area contributed by atoms with Crippen LogP contribution in [0.5, 0.6) is 0 Å². The number of hydrogen-bond acceptors (Lipinski definition) is 5. The minimum atomic E-state index is -0.259. The Morgan fingerprint density at radius 1 is 1.13 bits per heavy atom. The molecule has 2 aliphatic heterocycles. The number of hydrogen-bond donors (Lipinski definition) is 1. The third-order valence-electron chi connectivity index (χ3n) is 6.32. The maximum atomic E-state index is 12.5. The highest BCUT2D eigenvalue weighted by Gasteiger charge is 2.30. The lowest BCUT2D eigenvalue weighted by atomic mass is 9.89. The molecule has 0 bridgehead atoms. The van der Waals surface area contributed by atoms with Crippen molar-refractivity contribution in [2.24, 2.45) is 20.0 Å². The first-order valence-corrected chi connectivity index (χ1v) is 10.7. The summed E-state index contributed by atoms with van der Waals surface area (Å²) in [5.74, 6) is 0.684. The summed E-state index contributed by atoms with van der Waals surface area (Å²) < 4.78 is 8.73. The quantitative estimate of drug-likeness (QED) is 0.796. The molecule has 162 valence electrons. The zero-order chi connectivity index (χ0) is 21.3. The number of anilines is 1. The van der Waals surface area contributed by atoms with E-state index in [0.717, 1.165) is 45.4 Å². The van der Waals surface area contributed by atoms with Gasteiger partial charge in [0.15, 0.2) is 5.65 Å². The standard InChI is InChI=1S/C21H29N5O4/c1-24-15-5-6-17(23-20(15)25(2)21(24)29)22-18(27)7-8-19(28)26-11-9-14(10-12-26)16-4-3-13-30-16/h5-6,14,16H,3-4,7-13H2,1-2H3,(H,22,23,27). The third-order valence-corrected chi connectivity index (χ3v) is 6.32. The first-order valence-electron chi connectivity index (χ1n) is 10.7. The second-order valence-corrected chi connectivity index (χ2v) is 8.26. The number of carbonyl (C=O) groups excluding carboxylic acids is 2. The average Bonchev–Trinajstić information content (AvgIpc) is 3.37. The van der Waals surface area contributed by atoms with Crippen molar-refractivity contribution < 1.29 is 14.3 Å². The van der Waals surface area contributed by atoms with Gasteiger partial charge in [-0.1, -0.05) is 0 Å². The number of pyridine rings is 1. The van der Waals surface area contributed by atoms with Gasteiger partial charge >= 0.3 is 5.69 Å². The number of nitrogens with zero attached hydrogens (tertiary/aromatic N) is 4. The molecule has 1 unspecified atom stereocenters. The average molecular weight is 415 g/mol. The Morgan fingerprint density at radius 2 is 1.90 bits per heavy atom. The largest absolute Gasteiger partial charge is 0.378 e. The molecule has 9 heteroatoms. The van der Waals surface area contributed by atoms with Crippen LogP contribution in [0.4, 0.5) is 5.82 Å². The minimum absolute atomic E-state index is 0.0183. The molecule has 1 N–H and O–H groups in total. The molecule has 0 spiro atoms. The number of rotatable bonds is 5. The number of aryl methyl sites for hydroxylation is 2. The van der Waals surface area contributed by atoms with Crippen LogP contribution in [-0.4, -0.2) is 56.6 Å². The van der Waals surface area contributed by atoms with Crippen molar-refractivity contribution in [3.63, 3.8) is 0 Å². The number of fused-ring (bicyclic) bond motifs is 1. The van der Waals surface area contributed by atoms with E-state index in [0.29, 0.717) is 29.0 Å². The van der Waals surface area contributed by atoms with Crippen LogP contribution < -0.4 is 11.0 Å². The minimum Gasteiger partial charge on any atom is -0.378 e. The molecule has 2 saturated heterocycles. The van der Waals surface area contributed by atoms with E-state index in [4.69, 9.17) is 4.74 Å². The van der Waals surface area contributed by atoms with E-state index in [1.165, 1.54) is 9.13 Å². The van der Waals surface area contributed by atoms with Crippen molar-refractivity contribution >= 4 is 28.8 Å². The molecular formula is C21H29N5O4. The molecule has 2 aromatic rings. The van der Waals surface area contributed by atoms with Crippen molar-refractivity contribution in [2.75, 3.05) is 25.0 Å². The fourth-order valence-electron chi connectivity index (χ4n) is 4.52. The second-order valence-electron chi connectivity index (χ2n) is 8.26. The van der Waals surface area contributed by atoms with E-state index in [1.54, 1.807) is 26.2 Å². The molecule has 0 saturated carbocycles. The Hall–Kier alpha value is -2.68. The van der Waals surface area contributed by atoms with Crippen molar-refractivity contribution in [1.82, 2.24) is 19.0 Å². The van der Waals surface area contributed by atoms with E-state index in [9.17, 15) is 14.4 Å². The van der Waals surface area contributed by atoms with E-state index in [-0.39, 0.29) is 30.3 Å². The number of amides is 2. The summed E-state index contributed by atoms with van der Waals surface area (Å²) in [4.78, 5) is 43.0. The van der Waals surface area contributed by atoms with E-state index < -0.39 is 0 Å². The van der Waals surface area contributed by atoms with Gasteiger partial charge in [-0.25, -0.2) is 9.78 Å². The number of carbonyl (C=O) groups is 2. The van der Waals surface area contributed by atoms with Crippen molar-refractivity contribution in [1.29, 1.82) is 0 Å². The highest BCUT2D eigenvalue weighted by Crippen LogP contribution is 2.29. The van der Waals surface area contributed by atoms with Gasteiger partial charge < -0.3 is 15.0 Å². The monoisotopic (exact) mass is 415 g/mol. The summed E-state index contributed by atoms with van der Waals surface area (Å²) in [6, 6.07) is 3.42. The number of likely N-dealkylation sites (tertiary alicyclic amines) is 1. The van der Waals surface area contributed by atoms with Gasteiger partial charge in [0.05, 0.1) is 11.6 Å². The Kier molecular flexibility index (Phi) is 5.90. The lowest BCUT2D eigenvalue weighted by Gasteiger charge is -2.34. The summed E-state index contributed by atoms with van der Waals surface area (Å²) in [6.07, 6.45) is 4.88. The SMILES string of the molecule is Cn1c(=O)n(C)c2nc(NC(=O)CCC(=O)N3CCC(C4CCCO4)CC3)ccc21. The van der Waals surface area contributed by atoms with Crippen LogP contribution in [0.3, 0.4) is 0 Å². The van der Waals surface area contributed by atoms with Gasteiger partial charge in [0, 0.05) is 46.6 Å². The first kappa shape index (κ1) is 20.6. The van der Waals surface area contributed by atoms with Crippen LogP contribution in [0.2, 0.25) is 0 Å². The Labute approximate surface area is 175 Å². The molecule has 0 radical (unpaired) electrons. The molecule has 4 heterocycles. The van der Waals surface area contributed by atoms with Crippen LogP contribution >= 0.6 is 0 Å². The topological polar surface area (TPSA) is 98.5 Å². The van der Waals surface area contributed by atoms with Crippen molar-refractivity contribution in [3.8, 4) is 0 Å². The van der Waals surface area contributed by atoms with E-state index in [1.807, 2.05) is 4.90 Å². The lowest BCUT2D eigenvalue weighted by Crippen LogP contribution is -2.41. The van der Waals surface area contributed by atoms with Gasteiger partial charge in [0.1, 0.15) is 5.82 Å². The number of aromatic nitrogens is 3. The molecule has 2 fully saturated rings. The van der Waals surface area contributed by atoms with Crippen LogP contribution in [0.15, 0.2) is 16.9 Å². The maximum absolute atomic E-state index is 12.5. The normalized spacial score (nSPS) is 20.1. The number of ether oxygens (including phenoxy) is 1. The summed E-state index contributed by atoms with van der Waals surface area (Å²) in [5.41, 5.74) is 1.03. The van der Waals surface area contributed by atoms with E-state index >= 15 is 0 Å². The summed E-state index contributed by atoms with van der Waals surface area (Å²) >= 11 is 0. The fourth-order valence-corrected chi connectivity index (χ4v) is 4.52. The van der Waals surface area contributed by atoms with E-state index in [2.05, 4.69) is 10.3 Å². The number of piperidine rings is 1. The molecule has 9 nitrogen and oxygen atoms in total. The van der Waals surface area contributed by atoms with Crippen molar-refractivity contribution in [2.45, 2.75) is 44.6 Å². The molecule has 2 aromatic heterocycles. The van der Waals surface area contributed by atoms with Gasteiger partial charge in [0.25, 0.3) is 0 Å². The fraction of sp³-hybridized carbons (Fsp3) is 0.619. The zero-order valence-corrected chi connectivity index (χ0v) is 17.6. The first-order chi connectivity index (χ1) is 14.4. The van der Waals surface area contributed by atoms with Crippen molar-refractivity contribution in [3.05, 3.63) is 22.6 Å². The molecule has 2 aliphatic rings. The molecule has 0 aromatic carbocycles. The summed E-state index contributed by atoms with van der Waals surface area (Å²) in [7, 11) is 3.32. The van der Waals surface area contributed by atoms with Gasteiger partial charge in [-0.2, -0.15) is 0 Å². The molecule has 4 rings (SSSR count). The highest BCUT2D eigenvalue weighted by atomic mass is 16.5.